The molecule has 4 fully saturated rings. The molecule has 3 aliphatic heterocycles. The smallest absolute Gasteiger partial charge is 0.251 e. The highest BCUT2D eigenvalue weighted by atomic mass is 19.1. The third-order valence-corrected chi connectivity index (χ3v) is 14.2. The number of piperidine rings is 2. The molecule has 3 N–H and O–H groups in total. The molecule has 63 heavy (non-hydrogen) atoms. The van der Waals surface area contributed by atoms with E-state index < -0.39 is 22.6 Å². The Morgan fingerprint density at radius 3 is 2.33 bits per heavy atom. The van der Waals surface area contributed by atoms with Gasteiger partial charge in [-0.1, -0.05) is 39.8 Å². The Kier molecular flexibility index (Phi) is 10.8. The van der Waals surface area contributed by atoms with Crippen molar-refractivity contribution in [3.05, 3.63) is 93.7 Å². The molecular formula is C48H54FN9O5. The van der Waals surface area contributed by atoms with E-state index in [1.807, 2.05) is 51.6 Å². The molecule has 3 saturated heterocycles. The molecule has 14 nitrogen and oxygen atoms in total. The lowest BCUT2D eigenvalue weighted by molar-refractivity contribution is -0.163. The largest absolute Gasteiger partial charge is 0.488 e. The highest BCUT2D eigenvalue weighted by molar-refractivity contribution is 6.03. The van der Waals surface area contributed by atoms with Gasteiger partial charge in [0.2, 0.25) is 17.4 Å². The average molecular weight is 856 g/mol. The Morgan fingerprint density at radius 2 is 1.63 bits per heavy atom. The molecule has 3 aromatic carbocycles. The van der Waals surface area contributed by atoms with E-state index in [2.05, 4.69) is 42.5 Å². The van der Waals surface area contributed by atoms with E-state index in [-0.39, 0.29) is 41.0 Å². The van der Waals surface area contributed by atoms with Crippen LogP contribution in [0.3, 0.4) is 0 Å². The number of halogens is 1. The fraction of sp³-hybridized carbons (Fsp3) is 0.458. The van der Waals surface area contributed by atoms with Crippen molar-refractivity contribution in [3.8, 4) is 11.8 Å². The topological polar surface area (TPSA) is 169 Å². The van der Waals surface area contributed by atoms with Crippen molar-refractivity contribution in [2.45, 2.75) is 71.4 Å². The number of H-pyrrole nitrogens is 1. The van der Waals surface area contributed by atoms with Gasteiger partial charge in [0.1, 0.15) is 23.7 Å². The number of ether oxygens (including phenoxy) is 1. The summed E-state index contributed by atoms with van der Waals surface area (Å²) in [6, 6.07) is 19.2. The zero-order valence-electron chi connectivity index (χ0n) is 36.5. The number of carbonyl (C=O) groups excluding carboxylic acids is 3. The fourth-order valence-electron chi connectivity index (χ4n) is 11.2. The summed E-state index contributed by atoms with van der Waals surface area (Å²) in [6.07, 6.45) is 2.36. The number of amides is 3. The maximum Gasteiger partial charge on any atom is 0.251 e. The van der Waals surface area contributed by atoms with Crippen LogP contribution in [0.25, 0.3) is 21.8 Å². The minimum absolute atomic E-state index is 0.233. The molecule has 1 atom stereocenters. The van der Waals surface area contributed by atoms with Crippen LogP contribution in [-0.4, -0.2) is 95.3 Å². The molecule has 328 valence electrons. The zero-order valence-corrected chi connectivity index (χ0v) is 36.5. The normalized spacial score (nSPS) is 22.7. The van der Waals surface area contributed by atoms with Crippen LogP contribution in [0, 0.1) is 33.9 Å². The van der Waals surface area contributed by atoms with Crippen molar-refractivity contribution in [1.82, 2.24) is 30.3 Å². The third-order valence-electron chi connectivity index (χ3n) is 14.2. The van der Waals surface area contributed by atoms with Crippen LogP contribution >= 0.6 is 0 Å². The Labute approximate surface area is 365 Å². The van der Waals surface area contributed by atoms with Crippen LogP contribution in [0.2, 0.25) is 0 Å². The van der Waals surface area contributed by atoms with Crippen molar-refractivity contribution in [2.75, 3.05) is 55.6 Å². The summed E-state index contributed by atoms with van der Waals surface area (Å²) in [5, 5.41) is 21.6. The van der Waals surface area contributed by atoms with Gasteiger partial charge in [-0.2, -0.15) is 10.4 Å². The van der Waals surface area contributed by atoms with Gasteiger partial charge < -0.3 is 24.8 Å². The van der Waals surface area contributed by atoms with Gasteiger partial charge in [0.05, 0.1) is 39.6 Å². The van der Waals surface area contributed by atoms with Gasteiger partial charge in [0, 0.05) is 98.6 Å². The summed E-state index contributed by atoms with van der Waals surface area (Å²) in [6.45, 7) is 14.2. The molecule has 3 amide bonds. The maximum atomic E-state index is 15.8. The second-order valence-corrected chi connectivity index (χ2v) is 19.0. The van der Waals surface area contributed by atoms with Crippen molar-refractivity contribution in [2.24, 2.45) is 23.8 Å². The number of benzene rings is 3. The van der Waals surface area contributed by atoms with Crippen LogP contribution < -0.4 is 30.7 Å². The van der Waals surface area contributed by atoms with Crippen LogP contribution in [0.1, 0.15) is 80.9 Å². The number of imide groups is 1. The van der Waals surface area contributed by atoms with E-state index in [4.69, 9.17) is 9.84 Å². The molecule has 9 rings (SSSR count). The van der Waals surface area contributed by atoms with Crippen LogP contribution in [0.15, 0.2) is 65.5 Å². The number of rotatable bonds is 9. The number of fused-ring (bicyclic) bond motifs is 2. The van der Waals surface area contributed by atoms with E-state index in [0.29, 0.717) is 46.7 Å². The lowest BCUT2D eigenvalue weighted by Gasteiger charge is -2.63. The first-order valence-corrected chi connectivity index (χ1v) is 22.0. The summed E-state index contributed by atoms with van der Waals surface area (Å²) in [5.74, 6) is -0.675. The maximum absolute atomic E-state index is 15.8. The molecule has 0 spiro atoms. The molecular weight excluding hydrogens is 802 g/mol. The number of para-hydroxylation sites is 1. The number of aromatic amines is 1. The van der Waals surface area contributed by atoms with Crippen LogP contribution in [0.4, 0.5) is 15.8 Å². The molecule has 2 aromatic heterocycles. The lowest BCUT2D eigenvalue weighted by Crippen LogP contribution is -2.74. The van der Waals surface area contributed by atoms with Crippen molar-refractivity contribution < 1.29 is 23.5 Å². The molecule has 4 aliphatic rings. The second kappa shape index (κ2) is 16.1. The number of nitrogens with one attached hydrogen (secondary N) is 3. The van der Waals surface area contributed by atoms with Gasteiger partial charge in [0.15, 0.2) is 0 Å². The molecule has 0 bridgehead atoms. The van der Waals surface area contributed by atoms with Gasteiger partial charge in [-0.15, -0.1) is 0 Å². The van der Waals surface area contributed by atoms with Gasteiger partial charge in [-0.25, -0.2) is 4.39 Å². The Morgan fingerprint density at radius 1 is 0.905 bits per heavy atom. The SMILES string of the molecule is Cn1nc(C2CCC(=O)NC2=O)c2cccc(N3CCN(CC4CCN(c5ccc(C(=O)NC6C(C)(C)C(Oc7ccc(C#N)c8[nH]c(=O)ccc78)C6(C)C)cc5F)CC4)CC3)c21. The van der Waals surface area contributed by atoms with Crippen molar-refractivity contribution in [3.63, 3.8) is 0 Å². The van der Waals surface area contributed by atoms with Gasteiger partial charge in [-0.3, -0.25) is 34.1 Å². The highest BCUT2D eigenvalue weighted by Gasteiger charge is 2.64. The van der Waals surface area contributed by atoms with E-state index in [1.165, 1.54) is 12.1 Å². The first kappa shape index (κ1) is 42.1. The quantitative estimate of drug-likeness (QED) is 0.159. The Bertz CT molecular complexity index is 2720. The van der Waals surface area contributed by atoms with E-state index in [1.54, 1.807) is 30.3 Å². The fourth-order valence-corrected chi connectivity index (χ4v) is 11.2. The molecule has 15 heteroatoms. The molecule has 1 aliphatic carbocycles. The minimum atomic E-state index is -0.502. The second-order valence-electron chi connectivity index (χ2n) is 19.0. The number of hydrogen-bond donors (Lipinski definition) is 3. The molecule has 1 unspecified atom stereocenters. The number of anilines is 2. The number of aromatic nitrogens is 3. The number of carbonyl (C=O) groups is 3. The first-order valence-electron chi connectivity index (χ1n) is 22.0. The predicted octanol–water partition coefficient (Wildman–Crippen LogP) is 5.60. The number of pyridine rings is 1. The van der Waals surface area contributed by atoms with Crippen LogP contribution in [-0.2, 0) is 16.6 Å². The molecule has 0 radical (unpaired) electrons. The lowest BCUT2D eigenvalue weighted by atomic mass is 9.49. The van der Waals surface area contributed by atoms with Crippen molar-refractivity contribution >= 4 is 50.9 Å². The number of aryl methyl sites for hydroxylation is 1. The average Bonchev–Trinajstić information content (AvgIpc) is 3.60. The number of nitrogens with zero attached hydrogens (tertiary/aromatic N) is 6. The predicted molar refractivity (Wildman–Crippen MR) is 238 cm³/mol. The number of nitriles is 1. The third kappa shape index (κ3) is 7.58. The summed E-state index contributed by atoms with van der Waals surface area (Å²) in [7, 11) is 1.92. The van der Waals surface area contributed by atoms with Crippen LogP contribution in [0.5, 0.6) is 5.75 Å². The van der Waals surface area contributed by atoms with E-state index in [0.717, 1.165) is 80.9 Å². The van der Waals surface area contributed by atoms with Crippen molar-refractivity contribution in [1.29, 1.82) is 5.26 Å². The molecule has 1 saturated carbocycles. The number of piperazine rings is 1. The Hall–Kier alpha value is -6.27. The summed E-state index contributed by atoms with van der Waals surface area (Å²) in [4.78, 5) is 59.9. The minimum Gasteiger partial charge on any atom is -0.488 e. The first-order chi connectivity index (χ1) is 30.1. The standard InChI is InChI=1S/C48H54FN9O5/c1-47(2)45(48(3,4)46(47)63-37-14-10-30(26-50)40-31(37)11-15-38(59)51-40)53-43(61)29-9-13-35(34(49)25-29)57-19-17-28(18-20-57)27-56-21-23-58(24-22-56)36-8-6-7-32-41(54-55(5)42(32)36)33-12-16-39(60)52-44(33)62/h6-11,13-15,25,28,33,45-46H,12,16-24,27H2,1-5H3,(H,51,59)(H,53,61)(H,52,60,62). The van der Waals surface area contributed by atoms with Gasteiger partial charge >= 0.3 is 0 Å². The summed E-state index contributed by atoms with van der Waals surface area (Å²) < 4.78 is 24.3. The van der Waals surface area contributed by atoms with E-state index >= 15 is 4.39 Å². The van der Waals surface area contributed by atoms with Gasteiger partial charge in [-0.05, 0) is 67.6 Å². The highest BCUT2D eigenvalue weighted by Crippen LogP contribution is 2.56. The van der Waals surface area contributed by atoms with E-state index in [9.17, 15) is 24.4 Å². The van der Waals surface area contributed by atoms with Gasteiger partial charge in [0.25, 0.3) is 5.91 Å². The summed E-state index contributed by atoms with van der Waals surface area (Å²) >= 11 is 0. The zero-order chi connectivity index (χ0) is 44.4. The molecule has 5 aromatic rings. The Balaban J connectivity index is 0.775. The molecule has 5 heterocycles. The number of hydrogen-bond acceptors (Lipinski definition) is 10. The monoisotopic (exact) mass is 855 g/mol. The summed E-state index contributed by atoms with van der Waals surface area (Å²) in [5.41, 5.74) is 3.06.